The summed E-state index contributed by atoms with van der Waals surface area (Å²) in [7, 11) is 1.21. The highest BCUT2D eigenvalue weighted by Crippen LogP contribution is 2.30. The van der Waals surface area contributed by atoms with Gasteiger partial charge < -0.3 is 14.8 Å². The van der Waals surface area contributed by atoms with Gasteiger partial charge in [-0.2, -0.15) is 0 Å². The van der Waals surface area contributed by atoms with Crippen molar-refractivity contribution in [1.82, 2.24) is 10.3 Å². The van der Waals surface area contributed by atoms with Crippen molar-refractivity contribution in [3.63, 3.8) is 0 Å². The van der Waals surface area contributed by atoms with E-state index in [4.69, 9.17) is 16.3 Å². The van der Waals surface area contributed by atoms with Crippen molar-refractivity contribution >= 4 is 40.3 Å². The van der Waals surface area contributed by atoms with Crippen LogP contribution in [0.25, 0.3) is 22.2 Å². The quantitative estimate of drug-likeness (QED) is 0.625. The van der Waals surface area contributed by atoms with E-state index in [0.29, 0.717) is 27.2 Å². The van der Waals surface area contributed by atoms with Crippen molar-refractivity contribution in [2.24, 2.45) is 0 Å². The number of methoxy groups -OCH3 is 1. The van der Waals surface area contributed by atoms with Gasteiger partial charge in [-0.15, -0.1) is 0 Å². The minimum atomic E-state index is -0.690. The van der Waals surface area contributed by atoms with E-state index in [0.717, 1.165) is 0 Å². The minimum absolute atomic E-state index is 0.256. The molecule has 0 fully saturated rings. The summed E-state index contributed by atoms with van der Waals surface area (Å²) in [5.74, 6) is -1.91. The molecule has 0 radical (unpaired) electrons. The molecule has 8 heteroatoms. The summed E-state index contributed by atoms with van der Waals surface area (Å²) in [6.45, 7) is -0.838. The van der Waals surface area contributed by atoms with Crippen LogP contribution in [0.5, 0.6) is 0 Å². The van der Waals surface area contributed by atoms with E-state index < -0.39 is 24.5 Å². The lowest BCUT2D eigenvalue weighted by Crippen LogP contribution is -2.33. The topological polar surface area (TPSA) is 94.6 Å². The first-order chi connectivity index (χ1) is 14.0. The monoisotopic (exact) mass is 412 g/mol. The first-order valence-electron chi connectivity index (χ1n) is 8.65. The lowest BCUT2D eigenvalue weighted by atomic mass is 10.0. The number of hydrogen-bond donors (Lipinski definition) is 1. The Balaban J connectivity index is 1.86. The van der Waals surface area contributed by atoms with Gasteiger partial charge in [0, 0.05) is 16.0 Å². The number of fused-ring (bicyclic) bond motifs is 1. The van der Waals surface area contributed by atoms with E-state index in [1.807, 2.05) is 6.07 Å². The van der Waals surface area contributed by atoms with E-state index >= 15 is 0 Å². The van der Waals surface area contributed by atoms with Gasteiger partial charge in [0.05, 0.1) is 23.9 Å². The zero-order chi connectivity index (χ0) is 20.8. The van der Waals surface area contributed by atoms with Gasteiger partial charge in [0.15, 0.2) is 6.61 Å². The number of amides is 1. The van der Waals surface area contributed by atoms with Gasteiger partial charge in [-0.25, -0.2) is 9.78 Å². The number of ether oxygens (including phenoxy) is 2. The summed E-state index contributed by atoms with van der Waals surface area (Å²) in [5, 5.41) is 3.38. The van der Waals surface area contributed by atoms with Gasteiger partial charge in [-0.3, -0.25) is 9.59 Å². The summed E-state index contributed by atoms with van der Waals surface area (Å²) in [6, 6.07) is 15.8. The van der Waals surface area contributed by atoms with Crippen LogP contribution in [0.4, 0.5) is 0 Å². The van der Waals surface area contributed by atoms with Crippen molar-refractivity contribution in [2.45, 2.75) is 0 Å². The van der Waals surface area contributed by atoms with Crippen LogP contribution in [-0.4, -0.2) is 43.1 Å². The average Bonchev–Trinajstić information content (AvgIpc) is 2.75. The summed E-state index contributed by atoms with van der Waals surface area (Å²) < 4.78 is 9.55. The zero-order valence-electron chi connectivity index (χ0n) is 15.5. The molecule has 7 nitrogen and oxygen atoms in total. The number of halogens is 1. The van der Waals surface area contributed by atoms with E-state index in [9.17, 15) is 14.4 Å². The highest BCUT2D eigenvalue weighted by Gasteiger charge is 2.17. The van der Waals surface area contributed by atoms with Crippen molar-refractivity contribution in [3.8, 4) is 11.3 Å². The lowest BCUT2D eigenvalue weighted by Gasteiger charge is -2.11. The van der Waals surface area contributed by atoms with Crippen LogP contribution in [0.15, 0.2) is 54.6 Å². The number of nitrogens with one attached hydrogen (secondary N) is 1. The number of carbonyl (C=O) groups is 3. The molecule has 1 N–H and O–H groups in total. The number of rotatable bonds is 6. The summed E-state index contributed by atoms with van der Waals surface area (Å²) >= 11 is 6.27. The number of pyridine rings is 1. The number of carbonyl (C=O) groups excluding carboxylic acids is 3. The maximum absolute atomic E-state index is 12.7. The maximum Gasteiger partial charge on any atom is 0.339 e. The molecule has 0 aliphatic rings. The molecule has 3 aromatic rings. The van der Waals surface area contributed by atoms with Crippen LogP contribution in [0, 0.1) is 0 Å². The molecular weight excluding hydrogens is 396 g/mol. The first kappa shape index (κ1) is 20.3. The first-order valence-corrected chi connectivity index (χ1v) is 9.02. The number of aromatic nitrogens is 1. The molecule has 2 aromatic carbocycles. The van der Waals surface area contributed by atoms with Crippen molar-refractivity contribution in [2.75, 3.05) is 20.3 Å². The number of nitrogens with zero attached hydrogens (tertiary/aromatic N) is 1. The summed E-state index contributed by atoms with van der Waals surface area (Å²) in [6.07, 6.45) is 0. The van der Waals surface area contributed by atoms with Crippen molar-refractivity contribution in [3.05, 3.63) is 65.2 Å². The van der Waals surface area contributed by atoms with Gasteiger partial charge in [0.25, 0.3) is 5.91 Å². The van der Waals surface area contributed by atoms with E-state index in [-0.39, 0.29) is 12.1 Å². The Bertz CT molecular complexity index is 1080. The van der Waals surface area contributed by atoms with Crippen LogP contribution in [0.1, 0.15) is 10.4 Å². The molecule has 1 heterocycles. The third kappa shape index (κ3) is 4.89. The van der Waals surface area contributed by atoms with E-state index in [1.165, 1.54) is 7.11 Å². The smallest absolute Gasteiger partial charge is 0.339 e. The molecule has 0 unspecified atom stereocenters. The van der Waals surface area contributed by atoms with Gasteiger partial charge in [-0.1, -0.05) is 48.0 Å². The van der Waals surface area contributed by atoms with Gasteiger partial charge in [0.2, 0.25) is 0 Å². The molecule has 3 rings (SSSR count). The van der Waals surface area contributed by atoms with Gasteiger partial charge >= 0.3 is 11.9 Å². The summed E-state index contributed by atoms with van der Waals surface area (Å²) in [4.78, 5) is 40.1. The van der Waals surface area contributed by atoms with Crippen LogP contribution in [0.2, 0.25) is 5.02 Å². The standard InChI is InChI=1S/C21H17ClN2O5/c1-28-20(26)11-23-19(25)12-29-21(27)15-10-18(14-7-2-4-8-16(14)22)24-17-9-5-3-6-13(15)17/h2-10H,11-12H2,1H3,(H,23,25). The van der Waals surface area contributed by atoms with E-state index in [2.05, 4.69) is 15.0 Å². The largest absolute Gasteiger partial charge is 0.468 e. The zero-order valence-corrected chi connectivity index (χ0v) is 16.2. The normalized spacial score (nSPS) is 10.4. The lowest BCUT2D eigenvalue weighted by molar-refractivity contribution is -0.141. The molecule has 1 amide bonds. The molecule has 1 aromatic heterocycles. The number of para-hydroxylation sites is 1. The molecule has 0 atom stereocenters. The van der Waals surface area contributed by atoms with Gasteiger partial charge in [0.1, 0.15) is 6.54 Å². The molecule has 148 valence electrons. The molecule has 0 saturated heterocycles. The Morgan fingerprint density at radius 2 is 1.79 bits per heavy atom. The second-order valence-electron chi connectivity index (χ2n) is 5.98. The molecular formula is C21H17ClN2O5. The van der Waals surface area contributed by atoms with Crippen LogP contribution < -0.4 is 5.32 Å². The number of hydrogen-bond acceptors (Lipinski definition) is 6. The fraction of sp³-hybridized carbons (Fsp3) is 0.143. The fourth-order valence-electron chi connectivity index (χ4n) is 2.65. The second kappa shape index (κ2) is 9.16. The third-order valence-corrected chi connectivity index (χ3v) is 4.41. The maximum atomic E-state index is 12.7. The minimum Gasteiger partial charge on any atom is -0.468 e. The molecule has 0 aliphatic carbocycles. The predicted molar refractivity (Wildman–Crippen MR) is 107 cm³/mol. The van der Waals surface area contributed by atoms with Crippen LogP contribution in [0.3, 0.4) is 0 Å². The second-order valence-corrected chi connectivity index (χ2v) is 6.39. The average molecular weight is 413 g/mol. The highest BCUT2D eigenvalue weighted by molar-refractivity contribution is 6.33. The molecule has 0 bridgehead atoms. The highest BCUT2D eigenvalue weighted by atomic mass is 35.5. The third-order valence-electron chi connectivity index (χ3n) is 4.08. The van der Waals surface area contributed by atoms with Crippen LogP contribution >= 0.6 is 11.6 Å². The Kier molecular flexibility index (Phi) is 6.41. The number of benzene rings is 2. The van der Waals surface area contributed by atoms with Crippen LogP contribution in [-0.2, 0) is 19.1 Å². The van der Waals surface area contributed by atoms with Crippen molar-refractivity contribution < 1.29 is 23.9 Å². The van der Waals surface area contributed by atoms with Crippen molar-refractivity contribution in [1.29, 1.82) is 0 Å². The summed E-state index contributed by atoms with van der Waals surface area (Å²) in [5.41, 5.74) is 2.03. The Hall–Kier alpha value is -3.45. The number of esters is 2. The SMILES string of the molecule is COC(=O)CNC(=O)COC(=O)c1cc(-c2ccccc2Cl)nc2ccccc12. The Morgan fingerprint density at radius 1 is 1.07 bits per heavy atom. The molecule has 0 spiro atoms. The fourth-order valence-corrected chi connectivity index (χ4v) is 2.89. The predicted octanol–water partition coefficient (Wildman–Crippen LogP) is 3.00. The van der Waals surface area contributed by atoms with Gasteiger partial charge in [-0.05, 0) is 18.2 Å². The Morgan fingerprint density at radius 3 is 2.55 bits per heavy atom. The van der Waals surface area contributed by atoms with E-state index in [1.54, 1.807) is 48.5 Å². The Labute approximate surface area is 171 Å². The molecule has 0 saturated carbocycles. The molecule has 29 heavy (non-hydrogen) atoms. The molecule has 0 aliphatic heterocycles.